The first-order valence-electron chi connectivity index (χ1n) is 25.1. The molecule has 2 aliphatic carbocycles. The molecular formula is C65H56O11. The number of benzene rings is 8. The summed E-state index contributed by atoms with van der Waals surface area (Å²) in [6, 6.07) is 65.4. The number of hydrogen-bond donors (Lipinski definition) is 3. The molecule has 0 fully saturated rings. The summed E-state index contributed by atoms with van der Waals surface area (Å²) in [7, 11) is 0. The van der Waals surface area contributed by atoms with E-state index in [2.05, 4.69) is 134 Å². The Morgan fingerprint density at radius 3 is 0.816 bits per heavy atom. The van der Waals surface area contributed by atoms with Crippen molar-refractivity contribution < 1.29 is 53.3 Å². The monoisotopic (exact) mass is 1010 g/mol. The zero-order valence-corrected chi connectivity index (χ0v) is 41.6. The van der Waals surface area contributed by atoms with E-state index in [9.17, 15) is 24.9 Å². The largest absolute Gasteiger partial charge is 0.491 e. The van der Waals surface area contributed by atoms with Gasteiger partial charge in [0.25, 0.3) is 0 Å². The summed E-state index contributed by atoms with van der Waals surface area (Å²) < 4.78 is 34.1. The number of aliphatic hydroxyl groups is 3. The summed E-state index contributed by atoms with van der Waals surface area (Å²) in [5, 5.41) is 31.9. The van der Waals surface area contributed by atoms with Crippen LogP contribution in [0.1, 0.15) is 44.5 Å². The first kappa shape index (κ1) is 50.8. The van der Waals surface area contributed by atoms with Gasteiger partial charge in [0.2, 0.25) is 0 Å². The van der Waals surface area contributed by atoms with Crippen LogP contribution in [0.2, 0.25) is 0 Å². The zero-order valence-electron chi connectivity index (χ0n) is 41.6. The van der Waals surface area contributed by atoms with Crippen LogP contribution in [0, 0.1) is 0 Å². The molecule has 76 heavy (non-hydrogen) atoms. The van der Waals surface area contributed by atoms with Crippen molar-refractivity contribution in [1.82, 2.24) is 0 Å². The Morgan fingerprint density at radius 2 is 0.579 bits per heavy atom. The Balaban J connectivity index is 0.831. The first-order valence-corrected chi connectivity index (χ1v) is 25.1. The molecule has 3 N–H and O–H groups in total. The molecule has 382 valence electrons. The fraction of sp³-hybridized carbons (Fsp3) is 0.169. The van der Waals surface area contributed by atoms with Crippen molar-refractivity contribution in [3.05, 3.63) is 264 Å². The highest BCUT2D eigenvalue weighted by molar-refractivity contribution is 5.88. The number of carbonyl (C=O) groups excluding carboxylic acids is 2. The molecule has 0 bridgehead atoms. The highest BCUT2D eigenvalue weighted by Crippen LogP contribution is 2.58. The number of rotatable bonds is 22. The van der Waals surface area contributed by atoms with Crippen molar-refractivity contribution >= 4 is 11.9 Å². The van der Waals surface area contributed by atoms with Crippen LogP contribution in [-0.4, -0.2) is 85.2 Å². The van der Waals surface area contributed by atoms with E-state index in [4.69, 9.17) is 28.4 Å². The summed E-state index contributed by atoms with van der Waals surface area (Å²) >= 11 is 0. The van der Waals surface area contributed by atoms with Gasteiger partial charge in [0, 0.05) is 12.2 Å². The molecule has 0 amide bonds. The van der Waals surface area contributed by atoms with Crippen molar-refractivity contribution in [2.45, 2.75) is 29.1 Å². The van der Waals surface area contributed by atoms with E-state index in [1.165, 1.54) is 0 Å². The fourth-order valence-electron chi connectivity index (χ4n) is 10.6. The van der Waals surface area contributed by atoms with Crippen LogP contribution in [0.3, 0.4) is 0 Å². The Hall–Kier alpha value is -8.74. The topological polar surface area (TPSA) is 150 Å². The summed E-state index contributed by atoms with van der Waals surface area (Å²) in [5.74, 6) is 1.07. The standard InChI is InChI=1S/C65H56O11/c1-3-62(69)75-41-48(67)39-73-52-33-25-45(26-34-52)64(58-17-9-5-13-54(58)55-14-6-10-18-59(55)64)43-21-29-50(30-22-43)71-37-47(66)38-72-51-31-23-44(24-32-51)65(60-19-11-7-15-56(60)57-16-8-12-20-61(57)65)46-27-35-53(36-28-46)74-40-49(68)42-76-63(70)4-2/h3-36,47-49,66-68H,1-2,37-42H2. The van der Waals surface area contributed by atoms with E-state index in [1.807, 2.05) is 72.8 Å². The van der Waals surface area contributed by atoms with Gasteiger partial charge in [-0.2, -0.15) is 0 Å². The number of esters is 2. The summed E-state index contributed by atoms with van der Waals surface area (Å²) in [4.78, 5) is 22.9. The molecule has 0 spiro atoms. The molecule has 2 atom stereocenters. The van der Waals surface area contributed by atoms with Crippen molar-refractivity contribution in [2.24, 2.45) is 0 Å². The van der Waals surface area contributed by atoms with Gasteiger partial charge in [-0.05, 0) is 115 Å². The molecule has 8 aromatic carbocycles. The molecule has 2 aliphatic rings. The molecule has 0 aliphatic heterocycles. The number of carbonyl (C=O) groups is 2. The minimum atomic E-state index is -1.01. The Bertz CT molecular complexity index is 3030. The average molecular weight is 1010 g/mol. The second kappa shape index (κ2) is 22.4. The number of fused-ring (bicyclic) bond motifs is 6. The van der Waals surface area contributed by atoms with Gasteiger partial charge in [-0.15, -0.1) is 0 Å². The number of aliphatic hydroxyl groups excluding tert-OH is 3. The maximum atomic E-state index is 11.5. The van der Waals surface area contributed by atoms with E-state index in [0.717, 1.165) is 78.9 Å². The third-order valence-electron chi connectivity index (χ3n) is 14.0. The van der Waals surface area contributed by atoms with E-state index in [0.29, 0.717) is 23.0 Å². The first-order chi connectivity index (χ1) is 37.1. The maximum Gasteiger partial charge on any atom is 0.330 e. The molecule has 11 nitrogen and oxygen atoms in total. The lowest BCUT2D eigenvalue weighted by Crippen LogP contribution is -2.29. The molecule has 0 saturated carbocycles. The van der Waals surface area contributed by atoms with Gasteiger partial charge in [0.1, 0.15) is 81.0 Å². The lowest BCUT2D eigenvalue weighted by Gasteiger charge is -2.34. The minimum absolute atomic E-state index is 0.000792. The van der Waals surface area contributed by atoms with Crippen LogP contribution in [0.5, 0.6) is 23.0 Å². The number of ether oxygens (including phenoxy) is 6. The van der Waals surface area contributed by atoms with Gasteiger partial charge in [0.15, 0.2) is 0 Å². The van der Waals surface area contributed by atoms with Crippen molar-refractivity contribution in [3.63, 3.8) is 0 Å². The Morgan fingerprint density at radius 1 is 0.355 bits per heavy atom. The normalized spacial score (nSPS) is 14.3. The van der Waals surface area contributed by atoms with Crippen LogP contribution in [0.4, 0.5) is 0 Å². The molecule has 0 saturated heterocycles. The van der Waals surface area contributed by atoms with E-state index in [1.54, 1.807) is 0 Å². The smallest absolute Gasteiger partial charge is 0.330 e. The van der Waals surface area contributed by atoms with Crippen LogP contribution in [-0.2, 0) is 29.9 Å². The summed E-state index contributed by atoms with van der Waals surface area (Å²) in [6.45, 7) is 6.23. The van der Waals surface area contributed by atoms with Gasteiger partial charge in [0.05, 0.1) is 10.8 Å². The predicted octanol–water partition coefficient (Wildman–Crippen LogP) is 10.2. The van der Waals surface area contributed by atoms with E-state index in [-0.39, 0.29) is 39.6 Å². The molecule has 11 heteroatoms. The van der Waals surface area contributed by atoms with Crippen LogP contribution in [0.25, 0.3) is 22.3 Å². The van der Waals surface area contributed by atoms with Crippen LogP contribution >= 0.6 is 0 Å². The van der Waals surface area contributed by atoms with Gasteiger partial charge >= 0.3 is 11.9 Å². The Labute approximate surface area is 441 Å². The third kappa shape index (κ3) is 9.87. The molecule has 0 aromatic heterocycles. The fourth-order valence-corrected chi connectivity index (χ4v) is 10.6. The Kier molecular flexibility index (Phi) is 15.0. The molecule has 8 aromatic rings. The molecule has 0 radical (unpaired) electrons. The van der Waals surface area contributed by atoms with Gasteiger partial charge < -0.3 is 43.7 Å². The van der Waals surface area contributed by atoms with Crippen LogP contribution < -0.4 is 18.9 Å². The van der Waals surface area contributed by atoms with Gasteiger partial charge in [-0.1, -0.05) is 159 Å². The average Bonchev–Trinajstić information content (AvgIpc) is 4.05. The zero-order chi connectivity index (χ0) is 52.7. The second-order valence-corrected chi connectivity index (χ2v) is 18.7. The molecule has 0 heterocycles. The van der Waals surface area contributed by atoms with Crippen molar-refractivity contribution in [1.29, 1.82) is 0 Å². The van der Waals surface area contributed by atoms with E-state index < -0.39 is 41.1 Å². The van der Waals surface area contributed by atoms with Crippen molar-refractivity contribution in [3.8, 4) is 45.3 Å². The minimum Gasteiger partial charge on any atom is -0.491 e. The maximum absolute atomic E-state index is 11.5. The van der Waals surface area contributed by atoms with E-state index >= 15 is 0 Å². The summed E-state index contributed by atoms with van der Waals surface area (Å²) in [5.41, 5.74) is 11.8. The summed E-state index contributed by atoms with van der Waals surface area (Å²) in [6.07, 6.45) is -0.862. The van der Waals surface area contributed by atoms with Crippen molar-refractivity contribution in [2.75, 3.05) is 39.6 Å². The van der Waals surface area contributed by atoms with Crippen LogP contribution in [0.15, 0.2) is 219 Å². The predicted molar refractivity (Wildman–Crippen MR) is 290 cm³/mol. The highest BCUT2D eigenvalue weighted by Gasteiger charge is 2.47. The van der Waals surface area contributed by atoms with Gasteiger partial charge in [-0.3, -0.25) is 0 Å². The number of hydrogen-bond acceptors (Lipinski definition) is 11. The quantitative estimate of drug-likeness (QED) is 0.0440. The van der Waals surface area contributed by atoms with Gasteiger partial charge in [-0.25, -0.2) is 9.59 Å². The lowest BCUT2D eigenvalue weighted by atomic mass is 9.68. The third-order valence-corrected chi connectivity index (χ3v) is 14.0. The molecular weight excluding hydrogens is 957 g/mol. The highest BCUT2D eigenvalue weighted by atomic mass is 16.6. The lowest BCUT2D eigenvalue weighted by molar-refractivity contribution is -0.142. The SMILES string of the molecule is C=CC(=O)OCC(O)COc1ccc(C2(c3ccc(OCC(O)COc4ccc(C5(c6ccc(OCC(O)COC(=O)C=C)cc6)c6ccccc6-c6ccccc65)cc4)cc3)c3ccccc3-c3ccccc32)cc1. The molecule has 2 unspecified atom stereocenters. The molecule has 10 rings (SSSR count). The second-order valence-electron chi connectivity index (χ2n) is 18.7.